The Hall–Kier alpha value is -0.850. The summed E-state index contributed by atoms with van der Waals surface area (Å²) in [5.41, 5.74) is 7.56. The van der Waals surface area contributed by atoms with E-state index in [1.165, 1.54) is 0 Å². The number of nitrogen functional groups attached to an aromatic ring is 1. The predicted octanol–water partition coefficient (Wildman–Crippen LogP) is 4.81. The summed E-state index contributed by atoms with van der Waals surface area (Å²) >= 11 is 10.0. The third-order valence-corrected chi connectivity index (χ3v) is 4.30. The second-order valence-electron chi connectivity index (χ2n) is 3.81. The van der Waals surface area contributed by atoms with Gasteiger partial charge in [0, 0.05) is 24.8 Å². The van der Waals surface area contributed by atoms with E-state index in [-0.39, 0.29) is 5.91 Å². The number of rotatable bonds is 2. The molecule has 2 aromatic rings. The Morgan fingerprint density at radius 1 is 1.00 bits per heavy atom. The average Bonchev–Trinajstić information content (AvgIpc) is 2.36. The first-order chi connectivity index (χ1) is 8.97. The summed E-state index contributed by atoms with van der Waals surface area (Å²) in [7, 11) is 0. The van der Waals surface area contributed by atoms with Gasteiger partial charge in [0.2, 0.25) is 0 Å². The van der Waals surface area contributed by atoms with Crippen molar-refractivity contribution in [1.82, 2.24) is 0 Å². The fourth-order valence-corrected chi connectivity index (χ4v) is 2.64. The van der Waals surface area contributed by atoms with Crippen molar-refractivity contribution in [2.75, 3.05) is 11.1 Å². The van der Waals surface area contributed by atoms with Gasteiger partial charge in [-0.1, -0.05) is 15.9 Å². The van der Waals surface area contributed by atoms with Crippen LogP contribution in [0.5, 0.6) is 0 Å². The third-order valence-electron chi connectivity index (χ3n) is 2.43. The monoisotopic (exact) mass is 446 g/mol. The highest BCUT2D eigenvalue weighted by Crippen LogP contribution is 2.25. The number of amides is 1. The normalized spacial score (nSPS) is 10.3. The Morgan fingerprint density at radius 3 is 2.42 bits per heavy atom. The highest BCUT2D eigenvalue weighted by atomic mass is 79.9. The summed E-state index contributed by atoms with van der Waals surface area (Å²) < 4.78 is 2.33. The van der Waals surface area contributed by atoms with E-state index in [1.54, 1.807) is 24.3 Å². The molecule has 0 saturated heterocycles. The lowest BCUT2D eigenvalue weighted by atomic mass is 10.2. The van der Waals surface area contributed by atoms with Crippen LogP contribution in [-0.2, 0) is 0 Å². The van der Waals surface area contributed by atoms with Crippen LogP contribution in [0.2, 0.25) is 0 Å². The quantitative estimate of drug-likeness (QED) is 0.648. The van der Waals surface area contributed by atoms with Gasteiger partial charge < -0.3 is 11.1 Å². The molecule has 0 aliphatic carbocycles. The Morgan fingerprint density at radius 2 is 1.74 bits per heavy atom. The van der Waals surface area contributed by atoms with Crippen LogP contribution in [0.4, 0.5) is 11.4 Å². The molecule has 0 spiro atoms. The summed E-state index contributed by atoms with van der Waals surface area (Å²) in [6.07, 6.45) is 0. The first-order valence-electron chi connectivity index (χ1n) is 5.29. The van der Waals surface area contributed by atoms with Gasteiger partial charge in [-0.15, -0.1) is 0 Å². The zero-order valence-corrected chi connectivity index (χ0v) is 14.3. The summed E-state index contributed by atoms with van der Waals surface area (Å²) in [5.74, 6) is -0.190. The molecule has 0 aliphatic rings. The summed E-state index contributed by atoms with van der Waals surface area (Å²) in [6, 6.07) is 10.7. The van der Waals surface area contributed by atoms with E-state index >= 15 is 0 Å². The van der Waals surface area contributed by atoms with Crippen LogP contribution in [-0.4, -0.2) is 5.91 Å². The largest absolute Gasteiger partial charge is 0.398 e. The minimum atomic E-state index is -0.190. The SMILES string of the molecule is Nc1ccc(NC(=O)c2cc(Br)ccc2Br)cc1Br. The van der Waals surface area contributed by atoms with Crippen LogP contribution in [0.25, 0.3) is 0 Å². The molecule has 0 aromatic heterocycles. The number of halogens is 3. The molecule has 0 unspecified atom stereocenters. The van der Waals surface area contributed by atoms with Crippen molar-refractivity contribution in [3.05, 3.63) is 55.4 Å². The van der Waals surface area contributed by atoms with Gasteiger partial charge in [0.1, 0.15) is 0 Å². The Balaban J connectivity index is 2.25. The number of nitrogens with two attached hydrogens (primary N) is 1. The van der Waals surface area contributed by atoms with E-state index < -0.39 is 0 Å². The molecule has 2 rings (SSSR count). The molecule has 98 valence electrons. The minimum absolute atomic E-state index is 0.190. The fraction of sp³-hybridized carbons (Fsp3) is 0. The van der Waals surface area contributed by atoms with Crippen LogP contribution < -0.4 is 11.1 Å². The van der Waals surface area contributed by atoms with E-state index in [0.717, 1.165) is 13.4 Å². The molecule has 3 N–H and O–H groups in total. The van der Waals surface area contributed by atoms with Gasteiger partial charge in [-0.25, -0.2) is 0 Å². The molecular formula is C13H9Br3N2O. The number of hydrogen-bond acceptors (Lipinski definition) is 2. The molecule has 0 radical (unpaired) electrons. The van der Waals surface area contributed by atoms with Crippen LogP contribution in [0.1, 0.15) is 10.4 Å². The molecule has 0 saturated carbocycles. The topological polar surface area (TPSA) is 55.1 Å². The smallest absolute Gasteiger partial charge is 0.256 e. The number of carbonyl (C=O) groups is 1. The van der Waals surface area contributed by atoms with Gasteiger partial charge in [0.15, 0.2) is 0 Å². The van der Waals surface area contributed by atoms with E-state index in [9.17, 15) is 4.79 Å². The van der Waals surface area contributed by atoms with Gasteiger partial charge in [-0.3, -0.25) is 4.79 Å². The predicted molar refractivity (Wildman–Crippen MR) is 88.3 cm³/mol. The number of nitrogens with one attached hydrogen (secondary N) is 1. The molecule has 0 fully saturated rings. The van der Waals surface area contributed by atoms with Gasteiger partial charge in [-0.05, 0) is 68.3 Å². The van der Waals surface area contributed by atoms with E-state index in [0.29, 0.717) is 16.9 Å². The molecule has 0 bridgehead atoms. The molecular weight excluding hydrogens is 440 g/mol. The van der Waals surface area contributed by atoms with Gasteiger partial charge in [0.25, 0.3) is 5.91 Å². The Bertz CT molecular complexity index is 644. The highest BCUT2D eigenvalue weighted by Gasteiger charge is 2.11. The van der Waals surface area contributed by atoms with Crippen molar-refractivity contribution in [3.63, 3.8) is 0 Å². The van der Waals surface area contributed by atoms with Crippen molar-refractivity contribution in [2.45, 2.75) is 0 Å². The fourth-order valence-electron chi connectivity index (χ4n) is 1.47. The molecule has 0 heterocycles. The van der Waals surface area contributed by atoms with E-state index in [2.05, 4.69) is 53.1 Å². The first kappa shape index (κ1) is 14.6. The zero-order chi connectivity index (χ0) is 14.0. The lowest BCUT2D eigenvalue weighted by molar-refractivity contribution is 0.102. The lowest BCUT2D eigenvalue weighted by Gasteiger charge is -2.08. The maximum absolute atomic E-state index is 12.2. The van der Waals surface area contributed by atoms with Crippen molar-refractivity contribution in [3.8, 4) is 0 Å². The second kappa shape index (κ2) is 6.07. The average molecular weight is 449 g/mol. The maximum Gasteiger partial charge on any atom is 0.256 e. The summed E-state index contributed by atoms with van der Waals surface area (Å²) in [4.78, 5) is 12.2. The lowest BCUT2D eigenvalue weighted by Crippen LogP contribution is -2.12. The van der Waals surface area contributed by atoms with E-state index in [1.807, 2.05) is 12.1 Å². The molecule has 0 aliphatic heterocycles. The van der Waals surface area contributed by atoms with Crippen molar-refractivity contribution in [2.24, 2.45) is 0 Å². The van der Waals surface area contributed by atoms with Crippen molar-refractivity contribution >= 4 is 65.1 Å². The number of carbonyl (C=O) groups excluding carboxylic acids is 1. The number of benzene rings is 2. The molecule has 1 amide bonds. The second-order valence-corrected chi connectivity index (χ2v) is 6.44. The molecule has 19 heavy (non-hydrogen) atoms. The maximum atomic E-state index is 12.2. The number of hydrogen-bond donors (Lipinski definition) is 2. The zero-order valence-electron chi connectivity index (χ0n) is 9.58. The van der Waals surface area contributed by atoms with Gasteiger partial charge >= 0.3 is 0 Å². The first-order valence-corrected chi connectivity index (χ1v) is 7.66. The Kier molecular flexibility index (Phi) is 4.65. The van der Waals surface area contributed by atoms with Crippen molar-refractivity contribution < 1.29 is 4.79 Å². The van der Waals surface area contributed by atoms with Gasteiger partial charge in [0.05, 0.1) is 5.56 Å². The molecule has 0 atom stereocenters. The Labute approximate surface area is 136 Å². The molecule has 3 nitrogen and oxygen atoms in total. The van der Waals surface area contributed by atoms with E-state index in [4.69, 9.17) is 5.73 Å². The molecule has 6 heteroatoms. The highest BCUT2D eigenvalue weighted by molar-refractivity contribution is 9.11. The third kappa shape index (κ3) is 3.58. The van der Waals surface area contributed by atoms with Crippen LogP contribution >= 0.6 is 47.8 Å². The van der Waals surface area contributed by atoms with Crippen LogP contribution in [0.3, 0.4) is 0 Å². The standard InChI is InChI=1S/C13H9Br3N2O/c14-7-1-3-10(15)9(5-7)13(19)18-8-2-4-12(17)11(16)6-8/h1-6H,17H2,(H,18,19). The van der Waals surface area contributed by atoms with Gasteiger partial charge in [-0.2, -0.15) is 0 Å². The van der Waals surface area contributed by atoms with Crippen LogP contribution in [0, 0.1) is 0 Å². The van der Waals surface area contributed by atoms with Crippen molar-refractivity contribution in [1.29, 1.82) is 0 Å². The number of anilines is 2. The summed E-state index contributed by atoms with van der Waals surface area (Å²) in [6.45, 7) is 0. The van der Waals surface area contributed by atoms with Crippen LogP contribution in [0.15, 0.2) is 49.8 Å². The minimum Gasteiger partial charge on any atom is -0.398 e. The summed E-state index contributed by atoms with van der Waals surface area (Å²) in [5, 5.41) is 2.82. The molecule has 2 aromatic carbocycles.